The van der Waals surface area contributed by atoms with Gasteiger partial charge in [-0.15, -0.1) is 0 Å². The van der Waals surface area contributed by atoms with Crippen molar-refractivity contribution in [2.24, 2.45) is 5.10 Å². The predicted molar refractivity (Wildman–Crippen MR) is 106 cm³/mol. The number of hydrogen-bond donors (Lipinski definition) is 0. The van der Waals surface area contributed by atoms with E-state index in [2.05, 4.69) is 5.10 Å². The number of hydrogen-bond acceptors (Lipinski definition) is 2. The van der Waals surface area contributed by atoms with E-state index in [0.717, 1.165) is 16.8 Å². The van der Waals surface area contributed by atoms with Crippen LogP contribution in [0.2, 0.25) is 5.02 Å². The smallest absolute Gasteiger partial charge is 0.267 e. The second kappa shape index (κ2) is 6.98. The first-order chi connectivity index (χ1) is 12.7. The van der Waals surface area contributed by atoms with Gasteiger partial charge < -0.3 is 0 Å². The average Bonchev–Trinajstić information content (AvgIpc) is 3.00. The second-order valence-electron chi connectivity index (χ2n) is 5.88. The van der Waals surface area contributed by atoms with Crippen LogP contribution in [-0.4, -0.2) is 11.6 Å². The fourth-order valence-electron chi connectivity index (χ4n) is 2.86. The quantitative estimate of drug-likeness (QED) is 0.594. The molecule has 1 aliphatic rings. The Labute approximate surface area is 156 Å². The topological polar surface area (TPSA) is 32.7 Å². The molecule has 0 fully saturated rings. The molecule has 0 aromatic heterocycles. The molecule has 0 bridgehead atoms. The van der Waals surface area contributed by atoms with E-state index in [0.29, 0.717) is 16.3 Å². The monoisotopic (exact) mass is 358 g/mol. The summed E-state index contributed by atoms with van der Waals surface area (Å²) < 4.78 is 0. The zero-order valence-electron chi connectivity index (χ0n) is 13.8. The molecule has 4 rings (SSSR count). The van der Waals surface area contributed by atoms with Crippen LogP contribution in [0.5, 0.6) is 0 Å². The molecule has 0 radical (unpaired) electrons. The van der Waals surface area contributed by atoms with Gasteiger partial charge in [-0.05, 0) is 35.9 Å². The van der Waals surface area contributed by atoms with Crippen molar-refractivity contribution in [3.8, 4) is 0 Å². The maximum atomic E-state index is 13.1. The van der Waals surface area contributed by atoms with Crippen LogP contribution in [0, 0.1) is 0 Å². The van der Waals surface area contributed by atoms with Crippen LogP contribution in [0.1, 0.15) is 11.1 Å². The Bertz CT molecular complexity index is 1010. The third-order valence-corrected chi connectivity index (χ3v) is 4.32. The third kappa shape index (κ3) is 3.17. The van der Waals surface area contributed by atoms with Crippen LogP contribution in [0.4, 0.5) is 5.69 Å². The van der Waals surface area contributed by atoms with Gasteiger partial charge in [-0.25, -0.2) is 0 Å². The highest BCUT2D eigenvalue weighted by atomic mass is 35.5. The molecule has 126 valence electrons. The number of carbonyl (C=O) groups excluding carboxylic acids is 1. The first kappa shape index (κ1) is 16.3. The van der Waals surface area contributed by atoms with Gasteiger partial charge in [0.1, 0.15) is 5.71 Å². The summed E-state index contributed by atoms with van der Waals surface area (Å²) >= 11 is 6.09. The Morgan fingerprint density at radius 3 is 2.23 bits per heavy atom. The molecule has 3 aromatic carbocycles. The fraction of sp³-hybridized carbons (Fsp3) is 0. The zero-order chi connectivity index (χ0) is 17.9. The number of carbonyl (C=O) groups is 1. The Morgan fingerprint density at radius 2 is 1.54 bits per heavy atom. The lowest BCUT2D eigenvalue weighted by molar-refractivity contribution is -0.114. The summed E-state index contributed by atoms with van der Waals surface area (Å²) in [4.78, 5) is 13.1. The van der Waals surface area contributed by atoms with Gasteiger partial charge in [0.15, 0.2) is 0 Å². The Morgan fingerprint density at radius 1 is 0.846 bits per heavy atom. The Hall–Kier alpha value is -3.17. The van der Waals surface area contributed by atoms with Gasteiger partial charge in [-0.1, -0.05) is 72.3 Å². The minimum absolute atomic E-state index is 0.157. The zero-order valence-corrected chi connectivity index (χ0v) is 14.6. The second-order valence-corrected chi connectivity index (χ2v) is 6.32. The van der Waals surface area contributed by atoms with Crippen LogP contribution in [0.3, 0.4) is 0 Å². The number of anilines is 1. The first-order valence-corrected chi connectivity index (χ1v) is 8.61. The predicted octanol–water partition coefficient (Wildman–Crippen LogP) is 5.17. The molecule has 1 heterocycles. The molecule has 0 N–H and O–H groups in total. The highest BCUT2D eigenvalue weighted by Gasteiger charge is 2.31. The summed E-state index contributed by atoms with van der Waals surface area (Å²) in [6.45, 7) is 0. The Kier molecular flexibility index (Phi) is 4.38. The van der Waals surface area contributed by atoms with Crippen molar-refractivity contribution < 1.29 is 4.79 Å². The lowest BCUT2D eigenvalue weighted by Crippen LogP contribution is -2.21. The SMILES string of the molecule is O=C1C(=Cc2cccc(Cl)c2)C(c2ccccc2)=NN1c1ccccc1. The molecule has 0 aliphatic carbocycles. The van der Waals surface area contributed by atoms with Gasteiger partial charge >= 0.3 is 0 Å². The van der Waals surface area contributed by atoms with E-state index in [9.17, 15) is 4.79 Å². The number of nitrogens with zero attached hydrogens (tertiary/aromatic N) is 2. The van der Waals surface area contributed by atoms with Gasteiger partial charge in [-0.3, -0.25) is 4.79 Å². The molecular formula is C22H15ClN2O. The fourth-order valence-corrected chi connectivity index (χ4v) is 3.06. The van der Waals surface area contributed by atoms with Crippen LogP contribution in [0.15, 0.2) is 95.6 Å². The summed E-state index contributed by atoms with van der Waals surface area (Å²) in [6.07, 6.45) is 1.84. The minimum atomic E-state index is -0.157. The molecule has 4 heteroatoms. The lowest BCUT2D eigenvalue weighted by Gasteiger charge is -2.10. The average molecular weight is 359 g/mol. The number of hydrazone groups is 1. The number of benzene rings is 3. The van der Waals surface area contributed by atoms with Gasteiger partial charge in [0, 0.05) is 10.6 Å². The van der Waals surface area contributed by atoms with E-state index in [1.54, 1.807) is 0 Å². The van der Waals surface area contributed by atoms with Crippen LogP contribution >= 0.6 is 11.6 Å². The largest absolute Gasteiger partial charge is 0.281 e. The van der Waals surface area contributed by atoms with E-state index in [-0.39, 0.29) is 5.91 Å². The van der Waals surface area contributed by atoms with Crippen molar-refractivity contribution in [3.05, 3.63) is 107 Å². The standard InChI is InChI=1S/C22H15ClN2O/c23-18-11-7-8-16(14-18)15-20-21(17-9-3-1-4-10-17)24-25(22(20)26)19-12-5-2-6-13-19/h1-15H. The molecular weight excluding hydrogens is 344 g/mol. The van der Waals surface area contributed by atoms with Crippen molar-refractivity contribution in [2.75, 3.05) is 5.01 Å². The summed E-state index contributed by atoms with van der Waals surface area (Å²) in [5.74, 6) is -0.157. The molecule has 0 atom stereocenters. The molecule has 0 unspecified atom stereocenters. The van der Waals surface area contributed by atoms with Crippen molar-refractivity contribution in [2.45, 2.75) is 0 Å². The van der Waals surface area contributed by atoms with Gasteiger partial charge in [0.05, 0.1) is 11.3 Å². The molecule has 26 heavy (non-hydrogen) atoms. The summed E-state index contributed by atoms with van der Waals surface area (Å²) in [6, 6.07) is 26.6. The van der Waals surface area contributed by atoms with E-state index in [4.69, 9.17) is 11.6 Å². The summed E-state index contributed by atoms with van der Waals surface area (Å²) in [5, 5.41) is 6.68. The molecule has 1 amide bonds. The molecule has 3 nitrogen and oxygen atoms in total. The number of rotatable bonds is 3. The summed E-state index contributed by atoms with van der Waals surface area (Å²) in [5.41, 5.74) is 3.69. The van der Waals surface area contributed by atoms with E-state index in [1.165, 1.54) is 5.01 Å². The van der Waals surface area contributed by atoms with Gasteiger partial charge in [0.2, 0.25) is 0 Å². The van der Waals surface area contributed by atoms with Gasteiger partial charge in [-0.2, -0.15) is 10.1 Å². The summed E-state index contributed by atoms with van der Waals surface area (Å²) in [7, 11) is 0. The van der Waals surface area contributed by atoms with E-state index in [1.807, 2.05) is 91.0 Å². The molecule has 0 spiro atoms. The lowest BCUT2D eigenvalue weighted by atomic mass is 10.0. The maximum absolute atomic E-state index is 13.1. The van der Waals surface area contributed by atoms with Crippen molar-refractivity contribution >= 4 is 35.0 Å². The van der Waals surface area contributed by atoms with Crippen LogP contribution in [0.25, 0.3) is 6.08 Å². The van der Waals surface area contributed by atoms with E-state index < -0.39 is 0 Å². The highest BCUT2D eigenvalue weighted by Crippen LogP contribution is 2.28. The van der Waals surface area contributed by atoms with Crippen molar-refractivity contribution in [1.29, 1.82) is 0 Å². The number of halogens is 1. The number of para-hydroxylation sites is 1. The van der Waals surface area contributed by atoms with Crippen LogP contribution < -0.4 is 5.01 Å². The molecule has 3 aromatic rings. The molecule has 1 aliphatic heterocycles. The number of amides is 1. The third-order valence-electron chi connectivity index (χ3n) is 4.09. The van der Waals surface area contributed by atoms with Crippen LogP contribution in [-0.2, 0) is 4.79 Å². The molecule has 0 saturated heterocycles. The van der Waals surface area contributed by atoms with Gasteiger partial charge in [0.25, 0.3) is 5.91 Å². The Balaban J connectivity index is 1.83. The normalized spacial score (nSPS) is 15.4. The van der Waals surface area contributed by atoms with Crippen molar-refractivity contribution in [3.63, 3.8) is 0 Å². The molecule has 0 saturated carbocycles. The minimum Gasteiger partial charge on any atom is -0.267 e. The highest BCUT2D eigenvalue weighted by molar-refractivity contribution is 6.37. The van der Waals surface area contributed by atoms with Crippen molar-refractivity contribution in [1.82, 2.24) is 0 Å². The van der Waals surface area contributed by atoms with E-state index >= 15 is 0 Å². The first-order valence-electron chi connectivity index (χ1n) is 8.23. The maximum Gasteiger partial charge on any atom is 0.281 e.